The highest BCUT2D eigenvalue weighted by molar-refractivity contribution is 5.15. The molecular formula is C12H16FNO. The third-order valence-corrected chi connectivity index (χ3v) is 3.02. The first-order valence-electron chi connectivity index (χ1n) is 5.50. The average Bonchev–Trinajstić information content (AvgIpc) is 2.22. The van der Waals surface area contributed by atoms with Crippen molar-refractivity contribution < 1.29 is 9.04 Å². The number of benzene rings is 1. The molecule has 82 valence electrons. The topological polar surface area (TPSA) is 23.1 Å². The molecule has 0 unspecified atom stereocenters. The number of rotatable bonds is 2. The second-order valence-electron chi connectivity index (χ2n) is 4.35. The van der Waals surface area contributed by atoms with Gasteiger partial charge in [-0.3, -0.25) is 0 Å². The molecule has 0 aromatic heterocycles. The highest BCUT2D eigenvalue weighted by Gasteiger charge is 2.20. The molecule has 1 saturated heterocycles. The lowest BCUT2D eigenvalue weighted by atomic mass is 10.1. The molecule has 3 heteroatoms. The van der Waals surface area contributed by atoms with Crippen LogP contribution in [0.25, 0.3) is 0 Å². The number of piperidine rings is 1. The summed E-state index contributed by atoms with van der Waals surface area (Å²) >= 11 is 0. The zero-order valence-electron chi connectivity index (χ0n) is 8.79. The fraction of sp³-hybridized carbons (Fsp3) is 0.500. The summed E-state index contributed by atoms with van der Waals surface area (Å²) in [6, 6.07) is 6.26. The van der Waals surface area contributed by atoms with Gasteiger partial charge >= 0.3 is 0 Å². The van der Waals surface area contributed by atoms with E-state index >= 15 is 0 Å². The zero-order valence-corrected chi connectivity index (χ0v) is 8.79. The van der Waals surface area contributed by atoms with Crippen LogP contribution in [0, 0.1) is 11.0 Å². The monoisotopic (exact) mass is 209 g/mol. The van der Waals surface area contributed by atoms with Crippen molar-refractivity contribution in [2.45, 2.75) is 25.8 Å². The second-order valence-corrected chi connectivity index (χ2v) is 4.35. The van der Waals surface area contributed by atoms with Crippen LogP contribution in [-0.4, -0.2) is 17.7 Å². The number of quaternary nitrogens is 1. The van der Waals surface area contributed by atoms with Gasteiger partial charge in [-0.1, -0.05) is 12.1 Å². The standard InChI is InChI=1S/C12H16FNO/c13-12-6-4-11(5-7-12)10-14(15)8-2-1-3-9-14/h4-7H,1-3,8-10H2. The first-order valence-corrected chi connectivity index (χ1v) is 5.50. The fourth-order valence-electron chi connectivity index (χ4n) is 2.17. The molecular weight excluding hydrogens is 193 g/mol. The lowest BCUT2D eigenvalue weighted by Crippen LogP contribution is -2.45. The Hall–Kier alpha value is -0.930. The third-order valence-electron chi connectivity index (χ3n) is 3.02. The molecule has 1 aliphatic heterocycles. The normalized spacial score (nSPS) is 20.1. The number of halogens is 1. The Morgan fingerprint density at radius 3 is 2.27 bits per heavy atom. The van der Waals surface area contributed by atoms with E-state index in [0.29, 0.717) is 19.6 Å². The smallest absolute Gasteiger partial charge is 0.123 e. The molecule has 1 heterocycles. The van der Waals surface area contributed by atoms with E-state index in [-0.39, 0.29) is 10.5 Å². The van der Waals surface area contributed by atoms with Gasteiger partial charge in [0.25, 0.3) is 0 Å². The van der Waals surface area contributed by atoms with Crippen LogP contribution in [0.2, 0.25) is 0 Å². The highest BCUT2D eigenvalue weighted by Crippen LogP contribution is 2.21. The Balaban J connectivity index is 2.03. The number of likely N-dealkylation sites (tertiary alicyclic amines) is 1. The molecule has 0 bridgehead atoms. The Kier molecular flexibility index (Phi) is 3.03. The van der Waals surface area contributed by atoms with E-state index in [0.717, 1.165) is 18.4 Å². The minimum atomic E-state index is -0.241. The fourth-order valence-corrected chi connectivity index (χ4v) is 2.17. The lowest BCUT2D eigenvalue weighted by molar-refractivity contribution is -0.898. The Labute approximate surface area is 89.5 Å². The van der Waals surface area contributed by atoms with E-state index < -0.39 is 0 Å². The van der Waals surface area contributed by atoms with E-state index in [4.69, 9.17) is 0 Å². The van der Waals surface area contributed by atoms with E-state index in [1.165, 1.54) is 18.6 Å². The molecule has 0 aliphatic carbocycles. The lowest BCUT2D eigenvalue weighted by Gasteiger charge is -2.45. The maximum Gasteiger partial charge on any atom is 0.123 e. The summed E-state index contributed by atoms with van der Waals surface area (Å²) in [5.74, 6) is -0.241. The summed E-state index contributed by atoms with van der Waals surface area (Å²) in [5.41, 5.74) is 0.938. The van der Waals surface area contributed by atoms with Gasteiger partial charge in [-0.15, -0.1) is 0 Å². The maximum atomic E-state index is 12.7. The van der Waals surface area contributed by atoms with Crippen LogP contribution in [0.5, 0.6) is 0 Å². The molecule has 0 N–H and O–H groups in total. The van der Waals surface area contributed by atoms with Crippen LogP contribution in [-0.2, 0) is 6.54 Å². The number of hydrogen-bond donors (Lipinski definition) is 0. The SMILES string of the molecule is [O-][N+]1(Cc2ccc(F)cc2)CCCCC1. The van der Waals surface area contributed by atoms with Crippen molar-refractivity contribution in [2.24, 2.45) is 0 Å². The number of nitrogens with zero attached hydrogens (tertiary/aromatic N) is 1. The van der Waals surface area contributed by atoms with Crippen LogP contribution in [0.3, 0.4) is 0 Å². The zero-order chi connectivity index (χ0) is 10.7. The van der Waals surface area contributed by atoms with Crippen molar-refractivity contribution in [3.63, 3.8) is 0 Å². The van der Waals surface area contributed by atoms with Crippen LogP contribution in [0.4, 0.5) is 4.39 Å². The van der Waals surface area contributed by atoms with E-state index in [2.05, 4.69) is 0 Å². The van der Waals surface area contributed by atoms with Gasteiger partial charge in [-0.05, 0) is 31.4 Å². The first-order chi connectivity index (χ1) is 7.18. The Morgan fingerprint density at radius 2 is 1.67 bits per heavy atom. The second kappa shape index (κ2) is 4.29. The minimum absolute atomic E-state index is 0.133. The quantitative estimate of drug-likeness (QED) is 0.542. The molecule has 1 aliphatic rings. The predicted molar refractivity (Wildman–Crippen MR) is 57.3 cm³/mol. The van der Waals surface area contributed by atoms with Gasteiger partial charge in [-0.2, -0.15) is 0 Å². The van der Waals surface area contributed by atoms with Crippen LogP contribution in [0.1, 0.15) is 24.8 Å². The van der Waals surface area contributed by atoms with Crippen molar-refractivity contribution in [1.82, 2.24) is 0 Å². The molecule has 0 amide bonds. The van der Waals surface area contributed by atoms with Gasteiger partial charge in [0.1, 0.15) is 12.4 Å². The molecule has 2 rings (SSSR count). The van der Waals surface area contributed by atoms with Crippen molar-refractivity contribution >= 4 is 0 Å². The largest absolute Gasteiger partial charge is 0.633 e. The summed E-state index contributed by atoms with van der Waals surface area (Å²) in [6.07, 6.45) is 3.21. The highest BCUT2D eigenvalue weighted by atomic mass is 19.1. The molecule has 0 radical (unpaired) electrons. The summed E-state index contributed by atoms with van der Waals surface area (Å²) in [6.45, 7) is 1.90. The number of hydroxylamine groups is 3. The van der Waals surface area contributed by atoms with Gasteiger partial charge in [0.05, 0.1) is 13.1 Å². The van der Waals surface area contributed by atoms with Crippen molar-refractivity contribution in [1.29, 1.82) is 0 Å². The van der Waals surface area contributed by atoms with Crippen LogP contribution >= 0.6 is 0 Å². The molecule has 2 nitrogen and oxygen atoms in total. The molecule has 1 aromatic carbocycles. The van der Waals surface area contributed by atoms with Crippen molar-refractivity contribution in [2.75, 3.05) is 13.1 Å². The van der Waals surface area contributed by atoms with Gasteiger partial charge < -0.3 is 9.85 Å². The minimum Gasteiger partial charge on any atom is -0.633 e. The summed E-state index contributed by atoms with van der Waals surface area (Å²) < 4.78 is 12.5. The average molecular weight is 209 g/mol. The molecule has 1 fully saturated rings. The summed E-state index contributed by atoms with van der Waals surface area (Å²) in [4.78, 5) is 0. The van der Waals surface area contributed by atoms with Gasteiger partial charge in [0.2, 0.25) is 0 Å². The van der Waals surface area contributed by atoms with Crippen LogP contribution < -0.4 is 0 Å². The summed E-state index contributed by atoms with van der Waals surface area (Å²) in [7, 11) is 0. The molecule has 15 heavy (non-hydrogen) atoms. The summed E-state index contributed by atoms with van der Waals surface area (Å²) in [5, 5.41) is 12.2. The van der Waals surface area contributed by atoms with Gasteiger partial charge in [0, 0.05) is 5.56 Å². The van der Waals surface area contributed by atoms with E-state index in [1.807, 2.05) is 0 Å². The Bertz CT molecular complexity index is 317. The van der Waals surface area contributed by atoms with Crippen molar-refractivity contribution in [3.05, 3.63) is 40.9 Å². The number of hydrogen-bond acceptors (Lipinski definition) is 1. The molecule has 0 atom stereocenters. The molecule has 0 spiro atoms. The predicted octanol–water partition coefficient (Wildman–Crippen LogP) is 2.82. The van der Waals surface area contributed by atoms with Gasteiger partial charge in [0.15, 0.2) is 0 Å². The maximum absolute atomic E-state index is 12.7. The molecule has 1 aromatic rings. The Morgan fingerprint density at radius 1 is 1.07 bits per heavy atom. The third kappa shape index (κ3) is 2.76. The van der Waals surface area contributed by atoms with E-state index in [1.54, 1.807) is 12.1 Å². The van der Waals surface area contributed by atoms with E-state index in [9.17, 15) is 9.60 Å². The van der Waals surface area contributed by atoms with Gasteiger partial charge in [-0.25, -0.2) is 4.39 Å². The van der Waals surface area contributed by atoms with Crippen LogP contribution in [0.15, 0.2) is 24.3 Å². The van der Waals surface area contributed by atoms with Crippen molar-refractivity contribution in [3.8, 4) is 0 Å². The molecule has 0 saturated carbocycles. The first kappa shape index (κ1) is 10.6.